The molecule has 3 atom stereocenters. The Morgan fingerprint density at radius 3 is 1.97 bits per heavy atom. The number of carbonyl (C=O) groups excluding carboxylic acids is 4. The van der Waals surface area contributed by atoms with E-state index in [1.807, 2.05) is 12.2 Å². The fourth-order valence-corrected chi connectivity index (χ4v) is 4.79. The van der Waals surface area contributed by atoms with E-state index in [1.54, 1.807) is 60.5 Å². The van der Waals surface area contributed by atoms with E-state index in [1.165, 1.54) is 4.90 Å². The highest BCUT2D eigenvalue weighted by Crippen LogP contribution is 2.38. The quantitative estimate of drug-likeness (QED) is 0.295. The highest BCUT2D eigenvalue weighted by molar-refractivity contribution is 6.22. The van der Waals surface area contributed by atoms with E-state index in [9.17, 15) is 19.2 Å². The Morgan fingerprint density at radius 2 is 1.38 bits per heavy atom. The van der Waals surface area contributed by atoms with Crippen LogP contribution in [-0.4, -0.2) is 37.3 Å². The Labute approximate surface area is 196 Å². The Bertz CT molecular complexity index is 1140. The molecule has 8 nitrogen and oxygen atoms in total. The first-order valence-corrected chi connectivity index (χ1v) is 11.2. The van der Waals surface area contributed by atoms with Crippen molar-refractivity contribution in [3.63, 3.8) is 0 Å². The average Bonchev–Trinajstić information content (AvgIpc) is 3.37. The maximum absolute atomic E-state index is 12.7. The fourth-order valence-electron chi connectivity index (χ4n) is 4.79. The number of hydrogen-bond acceptors (Lipinski definition) is 6. The predicted octanol–water partition coefficient (Wildman–Crippen LogP) is 3.11. The molecule has 0 bridgehead atoms. The Kier molecular flexibility index (Phi) is 5.65. The normalized spacial score (nSPS) is 23.9. The van der Waals surface area contributed by atoms with Gasteiger partial charge in [0, 0.05) is 18.7 Å². The van der Waals surface area contributed by atoms with Crippen molar-refractivity contribution in [3.8, 4) is 11.5 Å². The molecule has 34 heavy (non-hydrogen) atoms. The Balaban J connectivity index is 1.23. The van der Waals surface area contributed by atoms with Gasteiger partial charge >= 0.3 is 5.97 Å². The molecule has 0 N–H and O–H groups in total. The molecule has 2 heterocycles. The number of benzene rings is 2. The van der Waals surface area contributed by atoms with Crippen LogP contribution in [-0.2, 0) is 19.2 Å². The molecule has 1 aliphatic carbocycles. The second-order valence-corrected chi connectivity index (χ2v) is 8.69. The second kappa shape index (κ2) is 8.78. The van der Waals surface area contributed by atoms with Gasteiger partial charge in [0.25, 0.3) is 0 Å². The van der Waals surface area contributed by atoms with Gasteiger partial charge in [-0.25, -0.2) is 0 Å². The summed E-state index contributed by atoms with van der Waals surface area (Å²) in [4.78, 5) is 53.5. The van der Waals surface area contributed by atoms with Gasteiger partial charge < -0.3 is 14.4 Å². The van der Waals surface area contributed by atoms with E-state index in [-0.39, 0.29) is 42.5 Å². The van der Waals surface area contributed by atoms with E-state index < -0.39 is 11.9 Å². The number of carbonyl (C=O) groups is 4. The molecule has 2 saturated heterocycles. The summed E-state index contributed by atoms with van der Waals surface area (Å²) in [6, 6.07) is 13.4. The highest BCUT2D eigenvalue weighted by Gasteiger charge is 2.47. The zero-order valence-corrected chi connectivity index (χ0v) is 18.7. The van der Waals surface area contributed by atoms with Gasteiger partial charge in [-0.3, -0.25) is 24.1 Å². The molecule has 0 radical (unpaired) electrons. The second-order valence-electron chi connectivity index (χ2n) is 8.69. The topological polar surface area (TPSA) is 93.2 Å². The lowest BCUT2D eigenvalue weighted by Crippen LogP contribution is -2.30. The number of fused-ring (bicyclic) bond motifs is 1. The van der Waals surface area contributed by atoms with Crippen molar-refractivity contribution >= 4 is 35.1 Å². The molecule has 8 heteroatoms. The molecule has 2 fully saturated rings. The Morgan fingerprint density at radius 1 is 0.824 bits per heavy atom. The summed E-state index contributed by atoms with van der Waals surface area (Å²) in [5.74, 6) is -1.24. The number of amides is 3. The van der Waals surface area contributed by atoms with Crippen molar-refractivity contribution in [2.24, 2.45) is 17.8 Å². The molecule has 3 amide bonds. The minimum atomic E-state index is -0.591. The van der Waals surface area contributed by atoms with Crippen molar-refractivity contribution in [1.29, 1.82) is 0 Å². The third-order valence-corrected chi connectivity index (χ3v) is 6.66. The van der Waals surface area contributed by atoms with Crippen LogP contribution in [0.3, 0.4) is 0 Å². The van der Waals surface area contributed by atoms with Crippen LogP contribution in [0.4, 0.5) is 11.4 Å². The number of esters is 1. The van der Waals surface area contributed by atoms with Gasteiger partial charge in [-0.1, -0.05) is 12.2 Å². The minimum Gasteiger partial charge on any atom is -0.497 e. The van der Waals surface area contributed by atoms with Crippen molar-refractivity contribution in [1.82, 2.24) is 0 Å². The van der Waals surface area contributed by atoms with Crippen LogP contribution in [0.1, 0.15) is 19.3 Å². The number of imide groups is 1. The first-order valence-electron chi connectivity index (χ1n) is 11.2. The number of methoxy groups -OCH3 is 1. The summed E-state index contributed by atoms with van der Waals surface area (Å²) < 4.78 is 10.6. The summed E-state index contributed by atoms with van der Waals surface area (Å²) in [7, 11) is 1.57. The smallest absolute Gasteiger partial charge is 0.316 e. The Hall–Kier alpha value is -3.94. The molecule has 2 aromatic carbocycles. The molecule has 2 aliphatic heterocycles. The van der Waals surface area contributed by atoms with Gasteiger partial charge in [-0.15, -0.1) is 0 Å². The molecule has 5 rings (SSSR count). The van der Waals surface area contributed by atoms with E-state index >= 15 is 0 Å². The van der Waals surface area contributed by atoms with Crippen LogP contribution in [0.25, 0.3) is 0 Å². The molecular weight excluding hydrogens is 436 g/mol. The summed E-state index contributed by atoms with van der Waals surface area (Å²) >= 11 is 0. The van der Waals surface area contributed by atoms with Crippen molar-refractivity contribution in [2.45, 2.75) is 19.3 Å². The molecule has 2 aromatic rings. The SMILES string of the molecule is COc1ccc(N2C[C@@H](C(=O)Oc3ccc(N4C(=O)[C@H]5CC=CC[C@H]5C4=O)cc3)CC2=O)cc1. The number of anilines is 2. The first kappa shape index (κ1) is 21.9. The summed E-state index contributed by atoms with van der Waals surface area (Å²) in [6.45, 7) is 0.232. The van der Waals surface area contributed by atoms with E-state index in [4.69, 9.17) is 9.47 Å². The van der Waals surface area contributed by atoms with Crippen LogP contribution in [0.15, 0.2) is 60.7 Å². The van der Waals surface area contributed by atoms with Crippen molar-refractivity contribution in [3.05, 3.63) is 60.7 Å². The van der Waals surface area contributed by atoms with Crippen LogP contribution in [0.5, 0.6) is 11.5 Å². The zero-order chi connectivity index (χ0) is 23.8. The number of ether oxygens (including phenoxy) is 2. The first-order chi connectivity index (χ1) is 16.5. The predicted molar refractivity (Wildman–Crippen MR) is 123 cm³/mol. The lowest BCUT2D eigenvalue weighted by Gasteiger charge is -2.17. The number of allylic oxidation sites excluding steroid dienone is 2. The van der Waals surface area contributed by atoms with E-state index in [2.05, 4.69) is 0 Å². The molecule has 174 valence electrons. The fraction of sp³-hybridized carbons (Fsp3) is 0.308. The van der Waals surface area contributed by atoms with E-state index in [0.717, 1.165) is 0 Å². The van der Waals surface area contributed by atoms with Gasteiger partial charge in [-0.05, 0) is 61.4 Å². The minimum absolute atomic E-state index is 0.0660. The lowest BCUT2D eigenvalue weighted by atomic mass is 9.85. The largest absolute Gasteiger partial charge is 0.497 e. The highest BCUT2D eigenvalue weighted by atomic mass is 16.5. The monoisotopic (exact) mass is 460 g/mol. The third-order valence-electron chi connectivity index (χ3n) is 6.66. The lowest BCUT2D eigenvalue weighted by molar-refractivity contribution is -0.139. The van der Waals surface area contributed by atoms with Gasteiger partial charge in [0.15, 0.2) is 0 Å². The maximum atomic E-state index is 12.7. The van der Waals surface area contributed by atoms with Crippen LogP contribution in [0, 0.1) is 17.8 Å². The number of rotatable bonds is 5. The van der Waals surface area contributed by atoms with Gasteiger partial charge in [0.1, 0.15) is 11.5 Å². The standard InChI is InChI=1S/C26H24N2O6/c1-33-19-10-6-17(7-11-19)27-15-16(14-23(27)29)26(32)34-20-12-8-18(9-13-20)28-24(30)21-4-2-3-5-22(21)25(28)31/h2-3,6-13,16,21-22H,4-5,14-15H2,1H3/t16-,21-,22+/m0/s1. The van der Waals surface area contributed by atoms with Crippen LogP contribution in [0.2, 0.25) is 0 Å². The third kappa shape index (κ3) is 3.85. The maximum Gasteiger partial charge on any atom is 0.316 e. The van der Waals surface area contributed by atoms with Crippen molar-refractivity contribution in [2.75, 3.05) is 23.5 Å². The zero-order valence-electron chi connectivity index (χ0n) is 18.7. The van der Waals surface area contributed by atoms with Crippen LogP contribution >= 0.6 is 0 Å². The summed E-state index contributed by atoms with van der Waals surface area (Å²) in [6.07, 6.45) is 5.12. The number of nitrogens with zero attached hydrogens (tertiary/aromatic N) is 2. The average molecular weight is 460 g/mol. The summed E-state index contributed by atoms with van der Waals surface area (Å²) in [5, 5.41) is 0. The molecular formula is C26H24N2O6. The molecule has 0 unspecified atom stereocenters. The molecule has 0 saturated carbocycles. The molecule has 3 aliphatic rings. The molecule has 0 spiro atoms. The van der Waals surface area contributed by atoms with Gasteiger partial charge in [0.2, 0.25) is 17.7 Å². The molecule has 0 aromatic heterocycles. The van der Waals surface area contributed by atoms with Gasteiger partial charge in [-0.2, -0.15) is 0 Å². The van der Waals surface area contributed by atoms with Crippen LogP contribution < -0.4 is 19.3 Å². The van der Waals surface area contributed by atoms with E-state index in [0.29, 0.717) is 35.7 Å². The van der Waals surface area contributed by atoms with Crippen molar-refractivity contribution < 1.29 is 28.7 Å². The summed E-state index contributed by atoms with van der Waals surface area (Å²) in [5.41, 5.74) is 1.16. The van der Waals surface area contributed by atoms with Gasteiger partial charge in [0.05, 0.1) is 30.6 Å². The number of hydrogen-bond donors (Lipinski definition) is 0.